The monoisotopic (exact) mass is 1620 g/mol. The van der Waals surface area contributed by atoms with E-state index in [0.29, 0.717) is 25.7 Å². The molecule has 19 heteroatoms. The largest absolute Gasteiger partial charge is 0.472 e. The molecule has 3 N–H and O–H groups in total. The van der Waals surface area contributed by atoms with Crippen molar-refractivity contribution in [1.82, 2.24) is 0 Å². The molecule has 0 saturated carbocycles. The number of hydrogen-bond donors (Lipinski definition) is 3. The van der Waals surface area contributed by atoms with Crippen molar-refractivity contribution >= 4 is 39.5 Å². The molecule has 0 radical (unpaired) electrons. The summed E-state index contributed by atoms with van der Waals surface area (Å²) in [6, 6.07) is 0. The van der Waals surface area contributed by atoms with Gasteiger partial charge in [0.2, 0.25) is 0 Å². The van der Waals surface area contributed by atoms with Gasteiger partial charge in [-0.3, -0.25) is 37.3 Å². The molecule has 0 aliphatic heterocycles. The van der Waals surface area contributed by atoms with Gasteiger partial charge < -0.3 is 33.8 Å². The summed E-state index contributed by atoms with van der Waals surface area (Å²) in [7, 11) is -9.94. The summed E-state index contributed by atoms with van der Waals surface area (Å²) in [5, 5.41) is 10.7. The van der Waals surface area contributed by atoms with Gasteiger partial charge in [0, 0.05) is 25.7 Å². The van der Waals surface area contributed by atoms with Crippen LogP contribution in [0.15, 0.2) is 0 Å². The van der Waals surface area contributed by atoms with Gasteiger partial charge >= 0.3 is 39.5 Å². The van der Waals surface area contributed by atoms with Gasteiger partial charge in [-0.25, -0.2) is 9.13 Å². The lowest BCUT2D eigenvalue weighted by Crippen LogP contribution is -2.30. The van der Waals surface area contributed by atoms with E-state index in [-0.39, 0.29) is 25.7 Å². The summed E-state index contributed by atoms with van der Waals surface area (Å²) in [6.07, 6.45) is 75.0. The van der Waals surface area contributed by atoms with Gasteiger partial charge in [-0.1, -0.05) is 440 Å². The SMILES string of the molecule is CCCCCCCCCCCCCCCC(=O)OC[C@H](COP(=O)(O)OC[C@H](O)COP(=O)(O)OC[C@@H](COC(=O)CCCCCCCCCCCCCCCCCCCCC(C)C)OC(=O)CCCCCCCCCCCCCCCCCCCCC(C)C)OC(=O)CCCCCCCCCCCCCCCC(C)C. The second-order valence-corrected chi connectivity index (χ2v) is 37.4. The van der Waals surface area contributed by atoms with Crippen LogP contribution in [0.1, 0.15) is 492 Å². The Hall–Kier alpha value is -1.94. The molecule has 660 valence electrons. The maximum absolute atomic E-state index is 13.2. The molecule has 0 rings (SSSR count). The van der Waals surface area contributed by atoms with Gasteiger partial charge in [0.05, 0.1) is 26.4 Å². The van der Waals surface area contributed by atoms with Crippen molar-refractivity contribution in [3.05, 3.63) is 0 Å². The van der Waals surface area contributed by atoms with Crippen molar-refractivity contribution in [3.8, 4) is 0 Å². The van der Waals surface area contributed by atoms with Crippen LogP contribution in [0.25, 0.3) is 0 Å². The van der Waals surface area contributed by atoms with Crippen molar-refractivity contribution < 1.29 is 80.2 Å². The van der Waals surface area contributed by atoms with E-state index < -0.39 is 97.5 Å². The molecular weight excluding hydrogens is 1440 g/mol. The molecule has 0 aromatic rings. The normalized spacial score (nSPS) is 13.8. The van der Waals surface area contributed by atoms with Gasteiger partial charge in [0.15, 0.2) is 12.2 Å². The first kappa shape index (κ1) is 109. The Morgan fingerprint density at radius 3 is 0.613 bits per heavy atom. The second-order valence-electron chi connectivity index (χ2n) is 34.5. The smallest absolute Gasteiger partial charge is 0.462 e. The van der Waals surface area contributed by atoms with E-state index in [2.05, 4.69) is 48.5 Å². The second kappa shape index (κ2) is 81.8. The zero-order chi connectivity index (χ0) is 81.5. The molecule has 0 heterocycles. The van der Waals surface area contributed by atoms with Gasteiger partial charge in [0.1, 0.15) is 19.3 Å². The van der Waals surface area contributed by atoms with Crippen LogP contribution in [0.3, 0.4) is 0 Å². The lowest BCUT2D eigenvalue weighted by molar-refractivity contribution is -0.161. The van der Waals surface area contributed by atoms with E-state index in [9.17, 15) is 43.2 Å². The summed E-state index contributed by atoms with van der Waals surface area (Å²) in [5.74, 6) is 0.335. The molecule has 111 heavy (non-hydrogen) atoms. The number of esters is 4. The number of carbonyl (C=O) groups is 4. The van der Waals surface area contributed by atoms with E-state index in [4.69, 9.17) is 37.0 Å². The van der Waals surface area contributed by atoms with Crippen LogP contribution in [-0.2, 0) is 65.4 Å². The maximum atomic E-state index is 13.2. The predicted molar refractivity (Wildman–Crippen MR) is 460 cm³/mol. The molecule has 2 unspecified atom stereocenters. The number of aliphatic hydroxyl groups is 1. The fourth-order valence-corrected chi connectivity index (χ4v) is 16.0. The molecule has 0 aromatic heterocycles. The molecule has 0 bridgehead atoms. The predicted octanol–water partition coefficient (Wildman–Crippen LogP) is 28.4. The maximum Gasteiger partial charge on any atom is 0.472 e. The highest BCUT2D eigenvalue weighted by Crippen LogP contribution is 2.45. The van der Waals surface area contributed by atoms with Gasteiger partial charge in [-0.2, -0.15) is 0 Å². The molecule has 0 fully saturated rings. The fraction of sp³-hybridized carbons (Fsp3) is 0.957. The van der Waals surface area contributed by atoms with E-state index in [0.717, 1.165) is 108 Å². The summed E-state index contributed by atoms with van der Waals surface area (Å²) in [6.45, 7) is 12.1. The Morgan fingerprint density at radius 2 is 0.414 bits per heavy atom. The standard InChI is InChI=1S/C92H180O17P2/c1-8-9-10-11-12-13-14-28-38-45-52-59-66-73-89(94)102-79-87(109-92(97)76-69-62-55-48-41-34-27-31-37-44-51-58-65-72-85(6)7)81-106-110(98,99)104-77-86(93)78-105-111(100,101)107-82-88(108-91(96)75-68-61-54-47-40-33-26-22-18-16-20-24-30-36-43-50-57-64-71-84(4)5)80-103-90(95)74-67-60-53-46-39-32-25-21-17-15-19-23-29-35-42-49-56-63-70-83(2)3/h83-88,93H,8-82H2,1-7H3,(H,98,99)(H,100,101)/t86-,87+,88+/m0/s1. The molecule has 0 spiro atoms. The van der Waals surface area contributed by atoms with Crippen molar-refractivity contribution in [2.24, 2.45) is 17.8 Å². The number of phosphoric acid groups is 2. The molecule has 0 aliphatic rings. The van der Waals surface area contributed by atoms with Crippen LogP contribution >= 0.6 is 15.6 Å². The Morgan fingerprint density at radius 1 is 0.243 bits per heavy atom. The van der Waals surface area contributed by atoms with Crippen molar-refractivity contribution in [2.45, 2.75) is 510 Å². The van der Waals surface area contributed by atoms with Gasteiger partial charge in [0.25, 0.3) is 0 Å². The number of aliphatic hydroxyl groups excluding tert-OH is 1. The van der Waals surface area contributed by atoms with Crippen molar-refractivity contribution in [1.29, 1.82) is 0 Å². The van der Waals surface area contributed by atoms with E-state index in [1.807, 2.05) is 0 Å². The minimum Gasteiger partial charge on any atom is -0.462 e. The van der Waals surface area contributed by atoms with Gasteiger partial charge in [-0.05, 0) is 43.4 Å². The topological polar surface area (TPSA) is 237 Å². The molecular formula is C92H180O17P2. The summed E-state index contributed by atoms with van der Waals surface area (Å²) >= 11 is 0. The zero-order valence-corrected chi connectivity index (χ0v) is 75.2. The Labute approximate surface area is 683 Å². The molecule has 0 aliphatic carbocycles. The minimum absolute atomic E-state index is 0.108. The summed E-state index contributed by atoms with van der Waals surface area (Å²) in [5.41, 5.74) is 0. The number of phosphoric ester groups is 2. The highest BCUT2D eigenvalue weighted by atomic mass is 31.2. The summed E-state index contributed by atoms with van der Waals surface area (Å²) < 4.78 is 69.1. The average Bonchev–Trinajstić information content (AvgIpc) is 0.898. The summed E-state index contributed by atoms with van der Waals surface area (Å²) in [4.78, 5) is 73.5. The van der Waals surface area contributed by atoms with E-state index >= 15 is 0 Å². The fourth-order valence-electron chi connectivity index (χ4n) is 14.4. The minimum atomic E-state index is -4.97. The van der Waals surface area contributed by atoms with Crippen molar-refractivity contribution in [2.75, 3.05) is 39.6 Å². The average molecular weight is 1620 g/mol. The number of unbranched alkanes of at least 4 members (excludes halogenated alkanes) is 58. The van der Waals surface area contributed by atoms with Crippen LogP contribution in [-0.4, -0.2) is 96.7 Å². The third-order valence-corrected chi connectivity index (χ3v) is 23.5. The number of carbonyl (C=O) groups excluding carboxylic acids is 4. The quantitative estimate of drug-likeness (QED) is 0.0222. The Bertz CT molecular complexity index is 2130. The van der Waals surface area contributed by atoms with E-state index in [1.165, 1.54) is 302 Å². The highest BCUT2D eigenvalue weighted by molar-refractivity contribution is 7.47. The van der Waals surface area contributed by atoms with Crippen molar-refractivity contribution in [3.63, 3.8) is 0 Å². The third-order valence-electron chi connectivity index (χ3n) is 21.6. The Kier molecular flexibility index (Phi) is 80.4. The third kappa shape index (κ3) is 85.8. The van der Waals surface area contributed by atoms with Crippen LogP contribution in [0.4, 0.5) is 0 Å². The van der Waals surface area contributed by atoms with Crippen LogP contribution in [0.5, 0.6) is 0 Å². The first-order valence-corrected chi connectivity index (χ1v) is 50.3. The Balaban J connectivity index is 5.25. The molecule has 0 saturated heterocycles. The first-order valence-electron chi connectivity index (χ1n) is 47.3. The number of rotatable bonds is 90. The van der Waals surface area contributed by atoms with Crippen LogP contribution < -0.4 is 0 Å². The van der Waals surface area contributed by atoms with Crippen LogP contribution in [0.2, 0.25) is 0 Å². The first-order chi connectivity index (χ1) is 53.7. The molecule has 5 atom stereocenters. The molecule has 0 amide bonds. The van der Waals surface area contributed by atoms with Crippen LogP contribution in [0, 0.1) is 17.8 Å². The van der Waals surface area contributed by atoms with E-state index in [1.54, 1.807) is 0 Å². The molecule has 17 nitrogen and oxygen atoms in total. The van der Waals surface area contributed by atoms with Gasteiger partial charge in [-0.15, -0.1) is 0 Å². The number of hydrogen-bond acceptors (Lipinski definition) is 15. The highest BCUT2D eigenvalue weighted by Gasteiger charge is 2.31. The number of ether oxygens (including phenoxy) is 4. The zero-order valence-electron chi connectivity index (χ0n) is 73.4. The molecule has 0 aromatic carbocycles. The lowest BCUT2D eigenvalue weighted by Gasteiger charge is -2.21. The lowest BCUT2D eigenvalue weighted by atomic mass is 10.0.